The van der Waals surface area contributed by atoms with Crippen LogP contribution in [0.25, 0.3) is 0 Å². The van der Waals surface area contributed by atoms with Crippen LogP contribution in [0.15, 0.2) is 12.3 Å². The van der Waals surface area contributed by atoms with Crippen LogP contribution in [0, 0.1) is 0 Å². The number of rotatable bonds is 6. The minimum absolute atomic E-state index is 0.00178. The quantitative estimate of drug-likeness (QED) is 0.360. The number of carboxylic acid groups (broad SMARTS) is 1. The number of aromatic nitrogens is 1. The molecule has 176 valence electrons. The molecule has 1 atom stereocenters. The zero-order chi connectivity index (χ0) is 24.4. The molecule has 0 aliphatic rings. The van der Waals surface area contributed by atoms with Crippen molar-refractivity contribution >= 4 is 22.2 Å². The molecule has 0 aliphatic heterocycles. The van der Waals surface area contributed by atoms with Crippen molar-refractivity contribution in [3.63, 3.8) is 0 Å². The second kappa shape index (κ2) is 8.76. The van der Waals surface area contributed by atoms with Gasteiger partial charge in [0.15, 0.2) is 0 Å². The number of carbonyl (C=O) groups is 2. The molecule has 0 fully saturated rings. The number of amides is 1. The highest BCUT2D eigenvalue weighted by atomic mass is 32.2. The van der Waals surface area contributed by atoms with Crippen molar-refractivity contribution in [2.75, 3.05) is 0 Å². The number of halogens is 6. The van der Waals surface area contributed by atoms with Crippen molar-refractivity contribution in [1.29, 1.82) is 0 Å². The summed E-state index contributed by atoms with van der Waals surface area (Å²) in [5.74, 6) is -3.25. The molecule has 1 aromatic heterocycles. The maximum atomic E-state index is 12.9. The van der Waals surface area contributed by atoms with E-state index in [9.17, 15) is 49.5 Å². The molecular weight excluding hydrogens is 466 g/mol. The molecule has 1 unspecified atom stereocenters. The van der Waals surface area contributed by atoms with Gasteiger partial charge in [0.1, 0.15) is 11.6 Å². The molecule has 1 rings (SSSR count). The highest BCUT2D eigenvalue weighted by Gasteiger charge is 2.49. The number of aliphatic carboxylic acids is 1. The first kappa shape index (κ1) is 26.3. The summed E-state index contributed by atoms with van der Waals surface area (Å²) in [5, 5.41) is 11.0. The summed E-state index contributed by atoms with van der Waals surface area (Å²) in [7, 11) is -6.33. The van der Waals surface area contributed by atoms with E-state index in [1.807, 2.05) is 0 Å². The molecule has 0 radical (unpaired) electrons. The Morgan fingerprint density at radius 2 is 1.71 bits per heavy atom. The molecule has 0 bridgehead atoms. The lowest BCUT2D eigenvalue weighted by Gasteiger charge is -2.22. The van der Waals surface area contributed by atoms with Crippen LogP contribution in [-0.2, 0) is 32.2 Å². The lowest BCUT2D eigenvalue weighted by atomic mass is 10.1. The molecule has 0 spiro atoms. The number of nitrogens with one attached hydrogen (secondary N) is 1. The van der Waals surface area contributed by atoms with E-state index < -0.39 is 68.9 Å². The van der Waals surface area contributed by atoms with Gasteiger partial charge in [-0.05, 0) is 26.8 Å². The Hall–Kier alpha value is -2.78. The van der Waals surface area contributed by atoms with Gasteiger partial charge in [-0.3, -0.25) is 0 Å². The number of alkyl halides is 6. The molecule has 9 nitrogen and oxygen atoms in total. The molecule has 0 aromatic carbocycles. The summed E-state index contributed by atoms with van der Waals surface area (Å²) < 4.78 is 107. The van der Waals surface area contributed by atoms with E-state index in [2.05, 4.69) is 9.17 Å². The normalized spacial score (nSPS) is 14.0. The first-order chi connectivity index (χ1) is 13.7. The lowest BCUT2D eigenvalue weighted by molar-refractivity contribution is -0.139. The van der Waals surface area contributed by atoms with Crippen molar-refractivity contribution in [3.8, 4) is 5.88 Å². The Balaban J connectivity index is 3.37. The summed E-state index contributed by atoms with van der Waals surface area (Å²) in [4.78, 5) is 26.1. The van der Waals surface area contributed by atoms with E-state index in [1.165, 1.54) is 20.8 Å². The molecule has 31 heavy (non-hydrogen) atoms. The Morgan fingerprint density at radius 3 is 2.13 bits per heavy atom. The number of carboxylic acids is 1. The van der Waals surface area contributed by atoms with E-state index in [0.29, 0.717) is 0 Å². The first-order valence-corrected chi connectivity index (χ1v) is 9.43. The van der Waals surface area contributed by atoms with E-state index in [-0.39, 0.29) is 12.3 Å². The Bertz CT molecular complexity index is 939. The van der Waals surface area contributed by atoms with Crippen molar-refractivity contribution in [3.05, 3.63) is 23.4 Å². The maximum absolute atomic E-state index is 12.9. The number of nitrogens with zero attached hydrogens (tertiary/aromatic N) is 1. The van der Waals surface area contributed by atoms with Gasteiger partial charge in [-0.15, -0.1) is 0 Å². The molecule has 1 heterocycles. The molecule has 1 amide bonds. The van der Waals surface area contributed by atoms with Gasteiger partial charge in [0.05, 0.1) is 5.56 Å². The predicted molar refractivity (Wildman–Crippen MR) is 89.3 cm³/mol. The second-order valence-electron chi connectivity index (χ2n) is 6.91. The van der Waals surface area contributed by atoms with E-state index in [4.69, 9.17) is 4.74 Å². The highest BCUT2D eigenvalue weighted by Crippen LogP contribution is 2.33. The Morgan fingerprint density at radius 1 is 1.16 bits per heavy atom. The van der Waals surface area contributed by atoms with Crippen LogP contribution < -0.4 is 9.50 Å². The van der Waals surface area contributed by atoms with Gasteiger partial charge in [-0.2, -0.15) is 34.8 Å². The van der Waals surface area contributed by atoms with E-state index in [0.717, 1.165) is 0 Å². The Labute approximate surface area is 171 Å². The number of pyridine rings is 1. The fourth-order valence-electron chi connectivity index (χ4n) is 1.90. The summed E-state index contributed by atoms with van der Waals surface area (Å²) in [5.41, 5.74) is -9.53. The van der Waals surface area contributed by atoms with E-state index in [1.54, 1.807) is 5.32 Å². The van der Waals surface area contributed by atoms with Gasteiger partial charge in [0.25, 0.3) is 0 Å². The average molecular weight is 482 g/mol. The standard InChI is InChI=1S/C15H16F6N2O7S/c1-13(2,3)29-12(26)23-9(11(24)25)5-7-4-8(14(16,17)18)6-22-10(7)30-31(27,28)15(19,20)21/h4,6,9H,5H2,1-3H3,(H,23,26)(H,24,25). The van der Waals surface area contributed by atoms with Crippen molar-refractivity contribution in [2.45, 2.75) is 50.5 Å². The molecule has 16 heteroatoms. The maximum Gasteiger partial charge on any atom is 0.534 e. The third-order valence-corrected chi connectivity index (χ3v) is 4.08. The predicted octanol–water partition coefficient (Wildman–Crippen LogP) is 2.85. The van der Waals surface area contributed by atoms with Gasteiger partial charge >= 0.3 is 33.9 Å². The minimum Gasteiger partial charge on any atom is -0.480 e. The number of carbonyl (C=O) groups excluding carboxylic acids is 1. The van der Waals surface area contributed by atoms with Crippen LogP contribution in [0.2, 0.25) is 0 Å². The van der Waals surface area contributed by atoms with Crippen LogP contribution in [-0.4, -0.2) is 47.7 Å². The fourth-order valence-corrected chi connectivity index (χ4v) is 2.35. The van der Waals surface area contributed by atoms with Crippen LogP contribution in [0.5, 0.6) is 5.88 Å². The number of alkyl carbamates (subject to hydrolysis) is 1. The monoisotopic (exact) mass is 482 g/mol. The van der Waals surface area contributed by atoms with Crippen LogP contribution in [0.3, 0.4) is 0 Å². The van der Waals surface area contributed by atoms with Gasteiger partial charge < -0.3 is 19.3 Å². The summed E-state index contributed by atoms with van der Waals surface area (Å²) in [6, 6.07) is -1.88. The zero-order valence-corrected chi connectivity index (χ0v) is 16.8. The largest absolute Gasteiger partial charge is 0.534 e. The fraction of sp³-hybridized carbons (Fsp3) is 0.533. The number of hydrogen-bond donors (Lipinski definition) is 2. The highest BCUT2D eigenvalue weighted by molar-refractivity contribution is 7.87. The molecule has 2 N–H and O–H groups in total. The zero-order valence-electron chi connectivity index (χ0n) is 16.0. The van der Waals surface area contributed by atoms with Gasteiger partial charge in [0, 0.05) is 18.2 Å². The van der Waals surface area contributed by atoms with Gasteiger partial charge in [-0.25, -0.2) is 14.6 Å². The third kappa shape index (κ3) is 7.76. The average Bonchev–Trinajstić information content (AvgIpc) is 2.51. The molecule has 0 saturated carbocycles. The number of hydrogen-bond acceptors (Lipinski definition) is 7. The van der Waals surface area contributed by atoms with Crippen molar-refractivity contribution in [1.82, 2.24) is 10.3 Å². The van der Waals surface area contributed by atoms with Gasteiger partial charge in [-0.1, -0.05) is 0 Å². The summed E-state index contributed by atoms with van der Waals surface area (Å²) in [6.45, 7) is 4.27. The van der Waals surface area contributed by atoms with E-state index >= 15 is 0 Å². The topological polar surface area (TPSA) is 132 Å². The van der Waals surface area contributed by atoms with Crippen LogP contribution in [0.1, 0.15) is 31.9 Å². The van der Waals surface area contributed by atoms with Crippen molar-refractivity contribution in [2.24, 2.45) is 0 Å². The minimum atomic E-state index is -6.33. The molecule has 0 aliphatic carbocycles. The smallest absolute Gasteiger partial charge is 0.480 e. The molecule has 0 saturated heterocycles. The SMILES string of the molecule is CC(C)(C)OC(=O)NC(Cc1cc(C(F)(F)F)cnc1OS(=O)(=O)C(F)(F)F)C(=O)O. The summed E-state index contributed by atoms with van der Waals surface area (Å²) in [6.07, 6.45) is -7.47. The Kier molecular flexibility index (Phi) is 7.42. The van der Waals surface area contributed by atoms with Crippen molar-refractivity contribution < 1.29 is 58.4 Å². The second-order valence-corrected chi connectivity index (χ2v) is 8.45. The molecular formula is C15H16F6N2O7S. The lowest BCUT2D eigenvalue weighted by Crippen LogP contribution is -2.44. The molecule has 1 aromatic rings. The van der Waals surface area contributed by atoms with Crippen LogP contribution >= 0.6 is 0 Å². The summed E-state index contributed by atoms with van der Waals surface area (Å²) >= 11 is 0. The van der Waals surface area contributed by atoms with Crippen LogP contribution in [0.4, 0.5) is 31.1 Å². The number of ether oxygens (including phenoxy) is 1. The van der Waals surface area contributed by atoms with Gasteiger partial charge in [0.2, 0.25) is 5.88 Å². The first-order valence-electron chi connectivity index (χ1n) is 8.02. The third-order valence-electron chi connectivity index (χ3n) is 3.14.